The second-order valence-electron chi connectivity index (χ2n) is 7.16. The molecule has 12 heteroatoms. The summed E-state index contributed by atoms with van der Waals surface area (Å²) >= 11 is 0. The Morgan fingerprint density at radius 2 is 1.56 bits per heavy atom. The number of halogens is 1. The smallest absolute Gasteiger partial charge is 0.414 e. The summed E-state index contributed by atoms with van der Waals surface area (Å²) in [5.74, 6) is -2.69. The van der Waals surface area contributed by atoms with Crippen molar-refractivity contribution in [3.63, 3.8) is 0 Å². The first-order valence-corrected chi connectivity index (χ1v) is 11.8. The Bertz CT molecular complexity index is 1070. The molecular formula is C22H27FN2O8S. The molecule has 1 aliphatic heterocycles. The monoisotopic (exact) mass is 498 g/mol. The third-order valence-corrected chi connectivity index (χ3v) is 6.81. The van der Waals surface area contributed by atoms with Gasteiger partial charge < -0.3 is 19.7 Å². The van der Waals surface area contributed by atoms with Crippen LogP contribution < -0.4 is 9.47 Å². The number of ether oxygens (including phenoxy) is 2. The van der Waals surface area contributed by atoms with Gasteiger partial charge in [0.2, 0.25) is 10.0 Å². The highest BCUT2D eigenvalue weighted by atomic mass is 32.2. The van der Waals surface area contributed by atoms with Crippen molar-refractivity contribution in [1.29, 1.82) is 0 Å². The SMILES string of the molecule is CCOc1ccc(CN2CCN(S(=O)(=O)c3ccc(F)cc3)CC2)cc1OC.O=C(O)C(=O)O. The highest BCUT2D eigenvalue weighted by Crippen LogP contribution is 2.29. The lowest BCUT2D eigenvalue weighted by Gasteiger charge is -2.34. The Kier molecular flexibility index (Phi) is 9.78. The van der Waals surface area contributed by atoms with Crippen LogP contribution in [-0.2, 0) is 26.2 Å². The van der Waals surface area contributed by atoms with Crippen molar-refractivity contribution < 1.29 is 42.1 Å². The molecule has 1 saturated heterocycles. The van der Waals surface area contributed by atoms with Gasteiger partial charge in [-0.1, -0.05) is 6.07 Å². The van der Waals surface area contributed by atoms with E-state index < -0.39 is 27.8 Å². The molecule has 34 heavy (non-hydrogen) atoms. The second kappa shape index (κ2) is 12.3. The maximum Gasteiger partial charge on any atom is 0.414 e. The molecule has 0 saturated carbocycles. The predicted octanol–water partition coefficient (Wildman–Crippen LogP) is 1.90. The van der Waals surface area contributed by atoms with Gasteiger partial charge in [-0.15, -0.1) is 0 Å². The van der Waals surface area contributed by atoms with Crippen LogP contribution in [0.3, 0.4) is 0 Å². The lowest BCUT2D eigenvalue weighted by Crippen LogP contribution is -2.48. The van der Waals surface area contributed by atoms with Crippen molar-refractivity contribution in [3.05, 3.63) is 53.8 Å². The number of benzene rings is 2. The number of hydrogen-bond acceptors (Lipinski definition) is 7. The van der Waals surface area contributed by atoms with Crippen LogP contribution in [0.15, 0.2) is 47.4 Å². The van der Waals surface area contributed by atoms with Crippen molar-refractivity contribution >= 4 is 22.0 Å². The van der Waals surface area contributed by atoms with E-state index in [9.17, 15) is 12.8 Å². The molecule has 0 amide bonds. The molecule has 1 heterocycles. The molecular weight excluding hydrogens is 471 g/mol. The molecule has 0 spiro atoms. The summed E-state index contributed by atoms with van der Waals surface area (Å²) < 4.78 is 50.8. The molecule has 1 fully saturated rings. The average Bonchev–Trinajstić information content (AvgIpc) is 2.81. The van der Waals surface area contributed by atoms with E-state index in [4.69, 9.17) is 29.3 Å². The van der Waals surface area contributed by atoms with Crippen molar-refractivity contribution in [1.82, 2.24) is 9.21 Å². The fourth-order valence-corrected chi connectivity index (χ4v) is 4.65. The van der Waals surface area contributed by atoms with Gasteiger partial charge in [0.1, 0.15) is 5.82 Å². The van der Waals surface area contributed by atoms with Crippen LogP contribution in [0.1, 0.15) is 12.5 Å². The van der Waals surface area contributed by atoms with Crippen LogP contribution in [0.5, 0.6) is 11.5 Å². The highest BCUT2D eigenvalue weighted by Gasteiger charge is 2.28. The minimum atomic E-state index is -3.59. The number of rotatable bonds is 7. The van der Waals surface area contributed by atoms with Crippen LogP contribution in [0.25, 0.3) is 0 Å². The van der Waals surface area contributed by atoms with Crippen LogP contribution >= 0.6 is 0 Å². The predicted molar refractivity (Wildman–Crippen MR) is 120 cm³/mol. The van der Waals surface area contributed by atoms with Crippen LogP contribution in [-0.4, -0.2) is 79.7 Å². The van der Waals surface area contributed by atoms with Gasteiger partial charge in [-0.25, -0.2) is 22.4 Å². The van der Waals surface area contributed by atoms with Crippen LogP contribution in [0, 0.1) is 5.82 Å². The Hall–Kier alpha value is -3.22. The summed E-state index contributed by atoms with van der Waals surface area (Å²) in [7, 11) is -1.98. The van der Waals surface area contributed by atoms with E-state index in [1.54, 1.807) is 7.11 Å². The number of carboxylic acid groups (broad SMARTS) is 2. The summed E-state index contributed by atoms with van der Waals surface area (Å²) in [4.78, 5) is 20.5. The lowest BCUT2D eigenvalue weighted by atomic mass is 10.1. The molecule has 0 unspecified atom stereocenters. The summed E-state index contributed by atoms with van der Waals surface area (Å²) in [6.45, 7) is 5.23. The fourth-order valence-electron chi connectivity index (χ4n) is 3.23. The van der Waals surface area contributed by atoms with E-state index in [1.807, 2.05) is 25.1 Å². The number of nitrogens with zero attached hydrogens (tertiary/aromatic N) is 2. The van der Waals surface area contributed by atoms with E-state index in [2.05, 4.69) is 4.90 Å². The Morgan fingerprint density at radius 1 is 0.971 bits per heavy atom. The number of carbonyl (C=O) groups is 2. The second-order valence-corrected chi connectivity index (χ2v) is 9.10. The van der Waals surface area contributed by atoms with Gasteiger partial charge in [0.05, 0.1) is 18.6 Å². The third kappa shape index (κ3) is 7.40. The van der Waals surface area contributed by atoms with Gasteiger partial charge >= 0.3 is 11.9 Å². The molecule has 3 rings (SSSR count). The first kappa shape index (κ1) is 27.0. The zero-order chi connectivity index (χ0) is 25.3. The largest absolute Gasteiger partial charge is 0.493 e. The number of carboxylic acids is 2. The molecule has 2 aromatic rings. The van der Waals surface area contributed by atoms with Crippen molar-refractivity contribution in [2.45, 2.75) is 18.4 Å². The maximum absolute atomic E-state index is 13.1. The molecule has 0 atom stereocenters. The van der Waals surface area contributed by atoms with Gasteiger partial charge in [-0.05, 0) is 48.9 Å². The summed E-state index contributed by atoms with van der Waals surface area (Å²) in [6.07, 6.45) is 0. The summed E-state index contributed by atoms with van der Waals surface area (Å²) in [6, 6.07) is 10.8. The quantitative estimate of drug-likeness (QED) is 0.549. The van der Waals surface area contributed by atoms with Gasteiger partial charge in [-0.2, -0.15) is 4.31 Å². The summed E-state index contributed by atoms with van der Waals surface area (Å²) in [5, 5.41) is 14.8. The molecule has 1 aliphatic rings. The number of aliphatic carboxylic acids is 2. The molecule has 186 valence electrons. The first-order valence-electron chi connectivity index (χ1n) is 10.3. The van der Waals surface area contributed by atoms with Crippen LogP contribution in [0.4, 0.5) is 4.39 Å². The maximum atomic E-state index is 13.1. The van der Waals surface area contributed by atoms with E-state index >= 15 is 0 Å². The molecule has 0 bridgehead atoms. The van der Waals surface area contributed by atoms with E-state index in [0.717, 1.165) is 5.56 Å². The molecule has 0 aromatic heterocycles. The standard InChI is InChI=1S/C20H25FN2O4S.C2H2O4/c1-3-27-19-9-4-16(14-20(19)26-2)15-22-10-12-23(13-11-22)28(24,25)18-7-5-17(21)6-8-18;3-1(4)2(5)6/h4-9,14H,3,10-13,15H2,1-2H3;(H,3,4)(H,5,6). The molecule has 2 aromatic carbocycles. The zero-order valence-electron chi connectivity index (χ0n) is 18.8. The molecule has 2 N–H and O–H groups in total. The fraction of sp³-hybridized carbons (Fsp3) is 0.364. The van der Waals surface area contributed by atoms with Gasteiger partial charge in [0.15, 0.2) is 11.5 Å². The average molecular weight is 499 g/mol. The van der Waals surface area contributed by atoms with Gasteiger partial charge in [0.25, 0.3) is 0 Å². The number of piperazine rings is 1. The van der Waals surface area contributed by atoms with Gasteiger partial charge in [-0.3, -0.25) is 4.90 Å². The highest BCUT2D eigenvalue weighted by molar-refractivity contribution is 7.89. The molecule has 0 radical (unpaired) electrons. The third-order valence-electron chi connectivity index (χ3n) is 4.90. The normalized spacial score (nSPS) is 14.6. The Labute approximate surface area is 197 Å². The summed E-state index contributed by atoms with van der Waals surface area (Å²) in [5.41, 5.74) is 1.08. The minimum Gasteiger partial charge on any atom is -0.493 e. The lowest BCUT2D eigenvalue weighted by molar-refractivity contribution is -0.159. The first-order chi connectivity index (χ1) is 16.1. The molecule has 10 nitrogen and oxygen atoms in total. The Morgan fingerprint density at radius 3 is 2.06 bits per heavy atom. The van der Waals surface area contributed by atoms with Crippen molar-refractivity contribution in [2.24, 2.45) is 0 Å². The minimum absolute atomic E-state index is 0.124. The number of methoxy groups -OCH3 is 1. The van der Waals surface area contributed by atoms with Gasteiger partial charge in [0, 0.05) is 32.7 Å². The number of sulfonamides is 1. The number of hydrogen-bond donors (Lipinski definition) is 2. The topological polar surface area (TPSA) is 134 Å². The van der Waals surface area contributed by atoms with Crippen LogP contribution in [0.2, 0.25) is 0 Å². The van der Waals surface area contributed by atoms with Crippen molar-refractivity contribution in [3.8, 4) is 11.5 Å². The van der Waals surface area contributed by atoms with Crippen molar-refractivity contribution in [2.75, 3.05) is 39.9 Å². The van der Waals surface area contributed by atoms with E-state index in [-0.39, 0.29) is 4.90 Å². The zero-order valence-corrected chi connectivity index (χ0v) is 19.6. The Balaban J connectivity index is 0.000000604. The van der Waals surface area contributed by atoms with E-state index in [1.165, 1.54) is 28.6 Å². The van der Waals surface area contributed by atoms with E-state index in [0.29, 0.717) is 50.8 Å². The molecule has 0 aliphatic carbocycles.